The molecule has 0 spiro atoms. The average Bonchev–Trinajstić information content (AvgIpc) is 2.45. The summed E-state index contributed by atoms with van der Waals surface area (Å²) in [6.07, 6.45) is 0.841. The number of aryl methyl sites for hydroxylation is 2. The molecule has 0 aliphatic rings. The summed E-state index contributed by atoms with van der Waals surface area (Å²) < 4.78 is 6.06. The molecule has 1 heterocycles. The van der Waals surface area contributed by atoms with Crippen molar-refractivity contribution in [3.05, 3.63) is 17.5 Å². The van der Waals surface area contributed by atoms with Gasteiger partial charge in [0.05, 0.1) is 19.2 Å². The Balaban J connectivity index is 2.73. The summed E-state index contributed by atoms with van der Waals surface area (Å²) in [4.78, 5) is 10.9. The first-order valence-electron chi connectivity index (χ1n) is 4.29. The number of carbonyl (C=O) groups excluding carboxylic acids is 1. The molecule has 5 nitrogen and oxygen atoms in total. The molecule has 78 valence electrons. The third-order valence-electron chi connectivity index (χ3n) is 1.95. The van der Waals surface area contributed by atoms with Crippen molar-refractivity contribution in [3.63, 3.8) is 0 Å². The lowest BCUT2D eigenvalue weighted by molar-refractivity contribution is -0.142. The molecule has 5 heteroatoms. The van der Waals surface area contributed by atoms with Crippen molar-refractivity contribution in [3.8, 4) is 0 Å². The lowest BCUT2D eigenvalue weighted by Gasteiger charge is -2.06. The number of aliphatic hydroxyl groups is 1. The summed E-state index contributed by atoms with van der Waals surface area (Å²) in [6, 6.07) is 0. The predicted octanol–water partition coefficient (Wildman–Crippen LogP) is 0.325. The molecule has 1 aromatic rings. The smallest absolute Gasteiger partial charge is 0.308 e. The van der Waals surface area contributed by atoms with E-state index in [1.54, 1.807) is 17.9 Å². The molecule has 0 aliphatic heterocycles. The fraction of sp³-hybridized carbons (Fsp3) is 0.556. The van der Waals surface area contributed by atoms with E-state index in [-0.39, 0.29) is 6.42 Å². The molecule has 0 aromatic carbocycles. The monoisotopic (exact) mass is 198 g/mol. The minimum atomic E-state index is -0.886. The Kier molecular flexibility index (Phi) is 3.24. The highest BCUT2D eigenvalue weighted by molar-refractivity contribution is 5.69. The SMILES string of the molecule is COC(=O)C[C@@H](O)c1nn(C)cc1C. The van der Waals surface area contributed by atoms with Gasteiger partial charge in [-0.05, 0) is 12.5 Å². The first kappa shape index (κ1) is 10.7. The Hall–Kier alpha value is -1.36. The van der Waals surface area contributed by atoms with Crippen molar-refractivity contribution in [1.29, 1.82) is 0 Å². The van der Waals surface area contributed by atoms with Crippen molar-refractivity contribution in [2.75, 3.05) is 7.11 Å². The van der Waals surface area contributed by atoms with Crippen molar-refractivity contribution in [2.24, 2.45) is 7.05 Å². The maximum atomic E-state index is 10.9. The largest absolute Gasteiger partial charge is 0.469 e. The number of aromatic nitrogens is 2. The van der Waals surface area contributed by atoms with Crippen LogP contribution in [0.25, 0.3) is 0 Å². The van der Waals surface area contributed by atoms with Gasteiger partial charge in [-0.1, -0.05) is 0 Å². The molecule has 0 bridgehead atoms. The van der Waals surface area contributed by atoms with Crippen LogP contribution in [-0.2, 0) is 16.6 Å². The van der Waals surface area contributed by atoms with Gasteiger partial charge in [-0.3, -0.25) is 9.48 Å². The number of hydrogen-bond acceptors (Lipinski definition) is 4. The van der Waals surface area contributed by atoms with Crippen LogP contribution in [0.15, 0.2) is 6.20 Å². The minimum Gasteiger partial charge on any atom is -0.469 e. The van der Waals surface area contributed by atoms with Crippen molar-refractivity contribution >= 4 is 5.97 Å². The van der Waals surface area contributed by atoms with Crippen LogP contribution in [0.1, 0.15) is 23.8 Å². The van der Waals surface area contributed by atoms with Gasteiger partial charge in [0, 0.05) is 13.2 Å². The third-order valence-corrected chi connectivity index (χ3v) is 1.95. The summed E-state index contributed by atoms with van der Waals surface area (Å²) in [6.45, 7) is 1.84. The second-order valence-corrected chi connectivity index (χ2v) is 3.17. The van der Waals surface area contributed by atoms with E-state index in [0.29, 0.717) is 5.69 Å². The van der Waals surface area contributed by atoms with Crippen LogP contribution in [-0.4, -0.2) is 28.0 Å². The molecule has 1 aromatic heterocycles. The summed E-state index contributed by atoms with van der Waals surface area (Å²) in [5.74, 6) is -0.442. The molecule has 0 saturated carbocycles. The maximum Gasteiger partial charge on any atom is 0.308 e. The van der Waals surface area contributed by atoms with Crippen LogP contribution in [0, 0.1) is 6.92 Å². The topological polar surface area (TPSA) is 64.3 Å². The van der Waals surface area contributed by atoms with Gasteiger partial charge in [-0.2, -0.15) is 5.10 Å². The number of hydrogen-bond donors (Lipinski definition) is 1. The zero-order valence-electron chi connectivity index (χ0n) is 8.52. The van der Waals surface area contributed by atoms with Crippen LogP contribution < -0.4 is 0 Å². The highest BCUT2D eigenvalue weighted by Crippen LogP contribution is 2.18. The molecule has 14 heavy (non-hydrogen) atoms. The highest BCUT2D eigenvalue weighted by atomic mass is 16.5. The molecule has 0 saturated heterocycles. The Labute approximate surface area is 82.3 Å². The first-order valence-corrected chi connectivity index (χ1v) is 4.29. The quantitative estimate of drug-likeness (QED) is 0.710. The van der Waals surface area contributed by atoms with Crippen LogP contribution in [0.5, 0.6) is 0 Å². The van der Waals surface area contributed by atoms with Crippen LogP contribution in [0.4, 0.5) is 0 Å². The first-order chi connectivity index (χ1) is 6.54. The van der Waals surface area contributed by atoms with E-state index in [4.69, 9.17) is 0 Å². The average molecular weight is 198 g/mol. The predicted molar refractivity (Wildman–Crippen MR) is 49.5 cm³/mol. The zero-order valence-corrected chi connectivity index (χ0v) is 8.52. The Bertz CT molecular complexity index is 333. The number of aliphatic hydroxyl groups excluding tert-OH is 1. The van der Waals surface area contributed by atoms with Gasteiger partial charge in [0.1, 0.15) is 6.10 Å². The van der Waals surface area contributed by atoms with Gasteiger partial charge in [-0.15, -0.1) is 0 Å². The molecule has 1 atom stereocenters. The Morgan fingerprint density at radius 1 is 1.79 bits per heavy atom. The summed E-state index contributed by atoms with van der Waals surface area (Å²) in [7, 11) is 3.06. The molecule has 0 fully saturated rings. The van der Waals surface area contributed by atoms with Gasteiger partial charge in [0.15, 0.2) is 0 Å². The Morgan fingerprint density at radius 2 is 2.43 bits per heavy atom. The molecule has 0 radical (unpaired) electrons. The van der Waals surface area contributed by atoms with E-state index in [0.717, 1.165) is 5.56 Å². The molecular formula is C9H14N2O3. The maximum absolute atomic E-state index is 10.9. The van der Waals surface area contributed by atoms with Crippen molar-refractivity contribution in [1.82, 2.24) is 9.78 Å². The molecular weight excluding hydrogens is 184 g/mol. The fourth-order valence-corrected chi connectivity index (χ4v) is 1.29. The number of ether oxygens (including phenoxy) is 1. The molecule has 0 unspecified atom stereocenters. The highest BCUT2D eigenvalue weighted by Gasteiger charge is 2.18. The third kappa shape index (κ3) is 2.32. The van der Waals surface area contributed by atoms with Crippen LogP contribution in [0.3, 0.4) is 0 Å². The number of rotatable bonds is 3. The van der Waals surface area contributed by atoms with Gasteiger partial charge in [-0.25, -0.2) is 0 Å². The van der Waals surface area contributed by atoms with Gasteiger partial charge in [0.2, 0.25) is 0 Å². The molecule has 0 aliphatic carbocycles. The molecule has 1 N–H and O–H groups in total. The van der Waals surface area contributed by atoms with Crippen molar-refractivity contribution in [2.45, 2.75) is 19.4 Å². The lowest BCUT2D eigenvalue weighted by atomic mass is 10.1. The molecule has 1 rings (SSSR count). The second kappa shape index (κ2) is 4.23. The number of methoxy groups -OCH3 is 1. The van der Waals surface area contributed by atoms with E-state index < -0.39 is 12.1 Å². The van der Waals surface area contributed by atoms with Crippen LogP contribution in [0.2, 0.25) is 0 Å². The van der Waals surface area contributed by atoms with Crippen molar-refractivity contribution < 1.29 is 14.6 Å². The van der Waals surface area contributed by atoms with Gasteiger partial charge in [0.25, 0.3) is 0 Å². The Morgan fingerprint density at radius 3 is 2.86 bits per heavy atom. The fourth-order valence-electron chi connectivity index (χ4n) is 1.29. The minimum absolute atomic E-state index is 0.0612. The van der Waals surface area contributed by atoms with Crippen LogP contribution >= 0.6 is 0 Å². The normalized spacial score (nSPS) is 12.6. The summed E-state index contributed by atoms with van der Waals surface area (Å²) >= 11 is 0. The van der Waals surface area contributed by atoms with Gasteiger partial charge < -0.3 is 9.84 Å². The van der Waals surface area contributed by atoms with E-state index in [2.05, 4.69) is 9.84 Å². The number of carbonyl (C=O) groups is 1. The second-order valence-electron chi connectivity index (χ2n) is 3.17. The van der Waals surface area contributed by atoms with E-state index >= 15 is 0 Å². The summed E-state index contributed by atoms with van der Waals surface area (Å²) in [5, 5.41) is 13.7. The standard InChI is InChI=1S/C9H14N2O3/c1-6-5-11(2)10-9(6)7(12)4-8(13)14-3/h5,7,12H,4H2,1-3H3/t7-/m1/s1. The molecule has 0 amide bonds. The number of nitrogens with zero attached hydrogens (tertiary/aromatic N) is 2. The van der Waals surface area contributed by atoms with E-state index in [9.17, 15) is 9.90 Å². The van der Waals surface area contributed by atoms with E-state index in [1.165, 1.54) is 7.11 Å². The zero-order chi connectivity index (χ0) is 10.7. The van der Waals surface area contributed by atoms with E-state index in [1.807, 2.05) is 6.92 Å². The van der Waals surface area contributed by atoms with Gasteiger partial charge >= 0.3 is 5.97 Å². The lowest BCUT2D eigenvalue weighted by Crippen LogP contribution is -2.09. The number of esters is 1. The summed E-state index contributed by atoms with van der Waals surface area (Å²) in [5.41, 5.74) is 1.39.